The zero-order valence-electron chi connectivity index (χ0n) is 13.4. The molecule has 0 saturated carbocycles. The monoisotopic (exact) mass is 433 g/mol. The highest BCUT2D eigenvalue weighted by Gasteiger charge is 2.24. The highest BCUT2D eigenvalue weighted by Crippen LogP contribution is 2.31. The molecule has 24 heavy (non-hydrogen) atoms. The Morgan fingerprint density at radius 1 is 1.17 bits per heavy atom. The van der Waals surface area contributed by atoms with Crippen LogP contribution in [0.2, 0.25) is 0 Å². The average Bonchev–Trinajstić information content (AvgIpc) is 3.01. The molecule has 0 amide bonds. The Morgan fingerprint density at radius 3 is 2.54 bits per heavy atom. The predicted octanol–water partition coefficient (Wildman–Crippen LogP) is 5.10. The van der Waals surface area contributed by atoms with Crippen LogP contribution in [0.25, 0.3) is 22.7 Å². The van der Waals surface area contributed by atoms with Crippen molar-refractivity contribution in [3.8, 4) is 22.7 Å². The molecule has 0 spiro atoms. The number of carbonyl (C=O) groups is 1. The minimum absolute atomic E-state index is 0.135. The largest absolute Gasteiger partial charge is 0.460 e. The maximum Gasteiger partial charge on any atom is 0.376 e. The molecule has 0 unspecified atom stereocenters. The number of rotatable bonds is 4. The fourth-order valence-electron chi connectivity index (χ4n) is 2.31. The van der Waals surface area contributed by atoms with Gasteiger partial charge >= 0.3 is 5.97 Å². The molecule has 5 heteroatoms. The molecule has 0 radical (unpaired) electrons. The van der Waals surface area contributed by atoms with E-state index in [1.165, 1.54) is 0 Å². The second kappa shape index (κ2) is 7.17. The van der Waals surface area contributed by atoms with E-state index in [-0.39, 0.29) is 12.4 Å². The van der Waals surface area contributed by atoms with E-state index in [0.29, 0.717) is 11.6 Å². The minimum Gasteiger partial charge on any atom is -0.460 e. The summed E-state index contributed by atoms with van der Waals surface area (Å²) in [4.78, 5) is 16.8. The van der Waals surface area contributed by atoms with Crippen molar-refractivity contribution in [1.82, 2.24) is 4.98 Å². The van der Waals surface area contributed by atoms with Gasteiger partial charge in [-0.15, -0.1) is 0 Å². The first kappa shape index (κ1) is 16.7. The fourth-order valence-corrected chi connectivity index (χ4v) is 2.93. The Morgan fingerprint density at radius 2 is 1.88 bits per heavy atom. The summed E-state index contributed by atoms with van der Waals surface area (Å²) in [6, 6.07) is 15.6. The molecule has 0 atom stereocenters. The smallest absolute Gasteiger partial charge is 0.376 e. The van der Waals surface area contributed by atoms with Crippen LogP contribution in [-0.2, 0) is 4.74 Å². The van der Waals surface area contributed by atoms with Gasteiger partial charge in [-0.25, -0.2) is 9.78 Å². The van der Waals surface area contributed by atoms with E-state index < -0.39 is 5.97 Å². The Kier molecular flexibility index (Phi) is 4.99. The Balaban J connectivity index is 2.14. The van der Waals surface area contributed by atoms with Crippen LogP contribution in [0.15, 0.2) is 52.9 Å². The van der Waals surface area contributed by atoms with Crippen molar-refractivity contribution in [2.45, 2.75) is 13.8 Å². The van der Waals surface area contributed by atoms with Crippen molar-refractivity contribution < 1.29 is 13.9 Å². The summed E-state index contributed by atoms with van der Waals surface area (Å²) in [6.45, 7) is 4.06. The first-order chi connectivity index (χ1) is 11.6. The number of aryl methyl sites for hydroxylation is 1. The molecule has 3 aromatic rings. The first-order valence-corrected chi connectivity index (χ1v) is 8.68. The summed E-state index contributed by atoms with van der Waals surface area (Å²) in [5.74, 6) is 0.0479. The van der Waals surface area contributed by atoms with Crippen LogP contribution < -0.4 is 0 Å². The van der Waals surface area contributed by atoms with E-state index in [2.05, 4.69) is 27.6 Å². The molecule has 0 saturated heterocycles. The van der Waals surface area contributed by atoms with Crippen LogP contribution in [0.4, 0.5) is 0 Å². The predicted molar refractivity (Wildman–Crippen MR) is 101 cm³/mol. The molecule has 1 aromatic heterocycles. The normalized spacial score (nSPS) is 10.6. The highest BCUT2D eigenvalue weighted by molar-refractivity contribution is 14.1. The van der Waals surface area contributed by atoms with Crippen molar-refractivity contribution in [3.05, 3.63) is 63.4 Å². The SMILES string of the molecule is CCOC(=O)c1oc(-c2ccccc2I)nc1-c1ccc(C)cc1. The molecule has 0 aliphatic rings. The summed E-state index contributed by atoms with van der Waals surface area (Å²) in [7, 11) is 0. The van der Waals surface area contributed by atoms with Crippen LogP contribution in [0.3, 0.4) is 0 Å². The molecule has 2 aromatic carbocycles. The number of ether oxygens (including phenoxy) is 1. The zero-order valence-corrected chi connectivity index (χ0v) is 15.5. The number of oxazole rings is 1. The van der Waals surface area contributed by atoms with Crippen LogP contribution >= 0.6 is 22.6 Å². The van der Waals surface area contributed by atoms with Crippen LogP contribution in [0.1, 0.15) is 23.0 Å². The molecular formula is C19H16INO3. The molecule has 0 fully saturated rings. The molecule has 0 bridgehead atoms. The van der Waals surface area contributed by atoms with E-state index in [0.717, 1.165) is 20.3 Å². The van der Waals surface area contributed by atoms with Crippen molar-refractivity contribution >= 4 is 28.6 Å². The topological polar surface area (TPSA) is 52.3 Å². The average molecular weight is 433 g/mol. The van der Waals surface area contributed by atoms with E-state index in [4.69, 9.17) is 9.15 Å². The number of hydrogen-bond donors (Lipinski definition) is 0. The summed E-state index contributed by atoms with van der Waals surface area (Å²) >= 11 is 2.22. The molecule has 3 rings (SSSR count). The lowest BCUT2D eigenvalue weighted by atomic mass is 10.1. The van der Waals surface area contributed by atoms with E-state index in [1.54, 1.807) is 6.92 Å². The summed E-state index contributed by atoms with van der Waals surface area (Å²) in [5, 5.41) is 0. The number of aromatic nitrogens is 1. The molecule has 0 aliphatic carbocycles. The van der Waals surface area contributed by atoms with Crippen LogP contribution in [0, 0.1) is 10.5 Å². The van der Waals surface area contributed by atoms with Gasteiger partial charge in [0, 0.05) is 9.13 Å². The van der Waals surface area contributed by atoms with Crippen molar-refractivity contribution in [1.29, 1.82) is 0 Å². The number of carbonyl (C=O) groups excluding carboxylic acids is 1. The first-order valence-electron chi connectivity index (χ1n) is 7.60. The maximum atomic E-state index is 12.3. The zero-order chi connectivity index (χ0) is 17.1. The molecular weight excluding hydrogens is 417 g/mol. The second-order valence-corrected chi connectivity index (χ2v) is 6.43. The Hall–Kier alpha value is -2.15. The highest BCUT2D eigenvalue weighted by atomic mass is 127. The number of esters is 1. The van der Waals surface area contributed by atoms with E-state index >= 15 is 0 Å². The van der Waals surface area contributed by atoms with Crippen LogP contribution in [0.5, 0.6) is 0 Å². The van der Waals surface area contributed by atoms with Gasteiger partial charge in [0.25, 0.3) is 0 Å². The Bertz CT molecular complexity index is 869. The lowest BCUT2D eigenvalue weighted by Gasteiger charge is -2.01. The molecule has 0 N–H and O–H groups in total. The lowest BCUT2D eigenvalue weighted by molar-refractivity contribution is 0.0492. The molecule has 4 nitrogen and oxygen atoms in total. The summed E-state index contributed by atoms with van der Waals surface area (Å²) in [6.07, 6.45) is 0. The number of benzene rings is 2. The summed E-state index contributed by atoms with van der Waals surface area (Å²) in [5.41, 5.74) is 3.31. The standard InChI is InChI=1S/C19H16INO3/c1-3-23-19(22)17-16(13-10-8-12(2)9-11-13)21-18(24-17)14-6-4-5-7-15(14)20/h4-11H,3H2,1-2H3. The number of nitrogens with zero attached hydrogens (tertiary/aromatic N) is 1. The van der Waals surface area contributed by atoms with Gasteiger partial charge in [0.2, 0.25) is 11.7 Å². The van der Waals surface area contributed by atoms with Gasteiger partial charge in [0.05, 0.1) is 12.2 Å². The lowest BCUT2D eigenvalue weighted by Crippen LogP contribution is -2.04. The van der Waals surface area contributed by atoms with Crippen molar-refractivity contribution in [2.75, 3.05) is 6.61 Å². The van der Waals surface area contributed by atoms with Crippen molar-refractivity contribution in [3.63, 3.8) is 0 Å². The number of halogens is 1. The molecule has 0 aliphatic heterocycles. The minimum atomic E-state index is -0.502. The second-order valence-electron chi connectivity index (χ2n) is 5.26. The van der Waals surface area contributed by atoms with E-state index in [1.807, 2.05) is 55.5 Å². The number of hydrogen-bond acceptors (Lipinski definition) is 4. The maximum absolute atomic E-state index is 12.3. The van der Waals surface area contributed by atoms with Gasteiger partial charge in [0.15, 0.2) is 0 Å². The van der Waals surface area contributed by atoms with Crippen molar-refractivity contribution in [2.24, 2.45) is 0 Å². The summed E-state index contributed by atoms with van der Waals surface area (Å²) < 4.78 is 11.9. The van der Waals surface area contributed by atoms with E-state index in [9.17, 15) is 4.79 Å². The fraction of sp³-hybridized carbons (Fsp3) is 0.158. The molecule has 122 valence electrons. The van der Waals surface area contributed by atoms with Gasteiger partial charge < -0.3 is 9.15 Å². The van der Waals surface area contributed by atoms with Gasteiger partial charge in [-0.05, 0) is 48.6 Å². The van der Waals surface area contributed by atoms with Gasteiger partial charge in [-0.3, -0.25) is 0 Å². The van der Waals surface area contributed by atoms with Gasteiger partial charge in [-0.1, -0.05) is 42.0 Å². The third kappa shape index (κ3) is 3.36. The quantitative estimate of drug-likeness (QED) is 0.425. The third-order valence-corrected chi connectivity index (χ3v) is 4.46. The third-order valence-electron chi connectivity index (χ3n) is 3.52. The van der Waals surface area contributed by atoms with Crippen LogP contribution in [-0.4, -0.2) is 17.6 Å². The Labute approximate surface area is 154 Å². The molecule has 1 heterocycles. The van der Waals surface area contributed by atoms with Gasteiger partial charge in [0.1, 0.15) is 5.69 Å². The van der Waals surface area contributed by atoms with Gasteiger partial charge in [-0.2, -0.15) is 0 Å².